The molecule has 0 saturated carbocycles. The van der Waals surface area contributed by atoms with Crippen molar-refractivity contribution < 1.29 is 19.0 Å². The van der Waals surface area contributed by atoms with Gasteiger partial charge in [0.15, 0.2) is 6.10 Å². The first-order valence-electron chi connectivity index (χ1n) is 6.44. The summed E-state index contributed by atoms with van der Waals surface area (Å²) in [7, 11) is 1.30. The van der Waals surface area contributed by atoms with Crippen LogP contribution in [0.2, 0.25) is 10.0 Å². The fourth-order valence-corrected chi connectivity index (χ4v) is 2.25. The van der Waals surface area contributed by atoms with Gasteiger partial charge in [-0.15, -0.1) is 0 Å². The first kappa shape index (κ1) is 17.8. The topological polar surface area (TPSA) is 57.7 Å². The molecule has 2 aromatic rings. The van der Waals surface area contributed by atoms with E-state index in [0.29, 0.717) is 21.0 Å². The normalized spacial score (nSPS) is 11.7. The van der Waals surface area contributed by atoms with Gasteiger partial charge in [-0.25, -0.2) is 9.78 Å². The third kappa shape index (κ3) is 4.50. The van der Waals surface area contributed by atoms with Gasteiger partial charge in [-0.3, -0.25) is 0 Å². The van der Waals surface area contributed by atoms with Crippen molar-refractivity contribution in [3.8, 4) is 17.4 Å². The number of hydrogen-bond acceptors (Lipinski definition) is 5. The van der Waals surface area contributed by atoms with E-state index in [4.69, 9.17) is 32.7 Å². The Balaban J connectivity index is 2.23. The summed E-state index contributed by atoms with van der Waals surface area (Å²) >= 11 is 15.3. The molecule has 8 heteroatoms. The molecule has 1 aromatic heterocycles. The number of esters is 1. The van der Waals surface area contributed by atoms with Crippen LogP contribution in [0.3, 0.4) is 0 Å². The van der Waals surface area contributed by atoms with Crippen molar-refractivity contribution in [3.63, 3.8) is 0 Å². The molecule has 5 nitrogen and oxygen atoms in total. The Kier molecular flexibility index (Phi) is 6.10. The molecule has 0 aliphatic heterocycles. The molecule has 0 aliphatic rings. The summed E-state index contributed by atoms with van der Waals surface area (Å²) in [5, 5.41) is 0.548. The quantitative estimate of drug-likeness (QED) is 0.645. The summed E-state index contributed by atoms with van der Waals surface area (Å²) in [5.41, 5.74) is 0. The van der Waals surface area contributed by atoms with Gasteiger partial charge < -0.3 is 14.2 Å². The maximum absolute atomic E-state index is 11.4. The number of pyridine rings is 1. The van der Waals surface area contributed by atoms with Crippen LogP contribution in [0.5, 0.6) is 17.4 Å². The number of methoxy groups -OCH3 is 1. The van der Waals surface area contributed by atoms with Crippen LogP contribution in [-0.2, 0) is 9.53 Å². The Labute approximate surface area is 151 Å². The molecule has 0 spiro atoms. The third-order valence-corrected chi connectivity index (χ3v) is 4.20. The van der Waals surface area contributed by atoms with Gasteiger partial charge in [0, 0.05) is 12.3 Å². The van der Waals surface area contributed by atoms with Gasteiger partial charge in [-0.05, 0) is 41.1 Å². The SMILES string of the molecule is COC(=O)C(C)Oc1cc(Oc2nccc(Cl)c2Cl)ccc1Br. The predicted molar refractivity (Wildman–Crippen MR) is 90.6 cm³/mol. The molecule has 2 rings (SSSR count). The number of carbonyl (C=O) groups excluding carboxylic acids is 1. The average Bonchev–Trinajstić information content (AvgIpc) is 2.54. The zero-order valence-corrected chi connectivity index (χ0v) is 15.3. The molecule has 1 atom stereocenters. The second kappa shape index (κ2) is 7.86. The molecule has 0 radical (unpaired) electrons. The molecule has 0 saturated heterocycles. The first-order valence-corrected chi connectivity index (χ1v) is 7.99. The lowest BCUT2D eigenvalue weighted by molar-refractivity contribution is -0.147. The van der Waals surface area contributed by atoms with Crippen LogP contribution in [-0.4, -0.2) is 24.2 Å². The predicted octanol–water partition coefficient (Wildman–Crippen LogP) is 4.88. The summed E-state index contributed by atoms with van der Waals surface area (Å²) in [6.45, 7) is 1.58. The van der Waals surface area contributed by atoms with Crippen LogP contribution in [0.1, 0.15) is 6.92 Å². The van der Waals surface area contributed by atoms with Crippen molar-refractivity contribution in [3.05, 3.63) is 45.0 Å². The van der Waals surface area contributed by atoms with Crippen molar-refractivity contribution in [1.82, 2.24) is 4.98 Å². The molecule has 0 fully saturated rings. The zero-order valence-electron chi connectivity index (χ0n) is 12.2. The second-order valence-electron chi connectivity index (χ2n) is 4.39. The van der Waals surface area contributed by atoms with Crippen molar-refractivity contribution in [2.45, 2.75) is 13.0 Å². The minimum atomic E-state index is -0.764. The van der Waals surface area contributed by atoms with Crippen LogP contribution in [0.15, 0.2) is 34.9 Å². The third-order valence-electron chi connectivity index (χ3n) is 2.76. The van der Waals surface area contributed by atoms with Gasteiger partial charge in [-0.2, -0.15) is 0 Å². The molecule has 0 aliphatic carbocycles. The molecule has 0 amide bonds. The largest absolute Gasteiger partial charge is 0.478 e. The summed E-state index contributed by atoms with van der Waals surface area (Å²) < 4.78 is 16.4. The highest BCUT2D eigenvalue weighted by atomic mass is 79.9. The number of aromatic nitrogens is 1. The Hall–Kier alpha value is -1.50. The van der Waals surface area contributed by atoms with E-state index in [1.54, 1.807) is 31.2 Å². The Bertz CT molecular complexity index is 727. The Morgan fingerprint density at radius 2 is 2.04 bits per heavy atom. The number of ether oxygens (including phenoxy) is 3. The molecule has 1 heterocycles. The highest BCUT2D eigenvalue weighted by Gasteiger charge is 2.17. The lowest BCUT2D eigenvalue weighted by Crippen LogP contribution is -2.25. The lowest BCUT2D eigenvalue weighted by Gasteiger charge is -2.15. The van der Waals surface area contributed by atoms with Crippen molar-refractivity contribution in [1.29, 1.82) is 0 Å². The number of nitrogens with zero attached hydrogens (tertiary/aromatic N) is 1. The monoisotopic (exact) mass is 419 g/mol. The number of benzene rings is 1. The van der Waals surface area contributed by atoms with Crippen LogP contribution < -0.4 is 9.47 Å². The number of halogens is 3. The molecule has 122 valence electrons. The molecule has 0 bridgehead atoms. The maximum Gasteiger partial charge on any atom is 0.346 e. The van der Waals surface area contributed by atoms with Crippen LogP contribution in [0, 0.1) is 0 Å². The highest BCUT2D eigenvalue weighted by molar-refractivity contribution is 9.10. The first-order chi connectivity index (χ1) is 10.9. The van der Waals surface area contributed by atoms with Gasteiger partial charge in [0.2, 0.25) is 5.88 Å². The van der Waals surface area contributed by atoms with Crippen molar-refractivity contribution in [2.24, 2.45) is 0 Å². The number of rotatable bonds is 5. The number of carbonyl (C=O) groups is 1. The molecular formula is C15H12BrCl2NO4. The van der Waals surface area contributed by atoms with Crippen molar-refractivity contribution in [2.75, 3.05) is 7.11 Å². The van der Waals surface area contributed by atoms with E-state index in [1.807, 2.05) is 0 Å². The lowest BCUT2D eigenvalue weighted by atomic mass is 10.3. The highest BCUT2D eigenvalue weighted by Crippen LogP contribution is 2.36. The van der Waals surface area contributed by atoms with Gasteiger partial charge >= 0.3 is 5.97 Å². The van der Waals surface area contributed by atoms with Gasteiger partial charge in [0.1, 0.15) is 16.5 Å². The van der Waals surface area contributed by atoms with E-state index < -0.39 is 12.1 Å². The van der Waals surface area contributed by atoms with E-state index in [0.717, 1.165) is 0 Å². The summed E-state index contributed by atoms with van der Waals surface area (Å²) in [6.07, 6.45) is 0.721. The fraction of sp³-hybridized carbons (Fsp3) is 0.200. The molecule has 1 unspecified atom stereocenters. The van der Waals surface area contributed by atoms with Gasteiger partial charge in [-0.1, -0.05) is 23.2 Å². The fourth-order valence-electron chi connectivity index (χ4n) is 1.63. The average molecular weight is 421 g/mol. The zero-order chi connectivity index (χ0) is 17.0. The van der Waals surface area contributed by atoms with Crippen molar-refractivity contribution >= 4 is 45.1 Å². The molecule has 1 aromatic carbocycles. The second-order valence-corrected chi connectivity index (χ2v) is 6.03. The van der Waals surface area contributed by atoms with E-state index in [9.17, 15) is 4.79 Å². The summed E-state index contributed by atoms with van der Waals surface area (Å²) in [4.78, 5) is 15.5. The van der Waals surface area contributed by atoms with E-state index in [-0.39, 0.29) is 10.9 Å². The summed E-state index contributed by atoms with van der Waals surface area (Å²) in [5.74, 6) is 0.534. The smallest absolute Gasteiger partial charge is 0.346 e. The minimum absolute atomic E-state index is 0.174. The molecule has 23 heavy (non-hydrogen) atoms. The number of hydrogen-bond donors (Lipinski definition) is 0. The van der Waals surface area contributed by atoms with E-state index in [1.165, 1.54) is 13.3 Å². The molecular weight excluding hydrogens is 409 g/mol. The molecule has 0 N–H and O–H groups in total. The van der Waals surface area contributed by atoms with Crippen LogP contribution in [0.4, 0.5) is 0 Å². The Morgan fingerprint density at radius 3 is 2.74 bits per heavy atom. The van der Waals surface area contributed by atoms with Crippen LogP contribution in [0.25, 0.3) is 0 Å². The van der Waals surface area contributed by atoms with Gasteiger partial charge in [0.25, 0.3) is 0 Å². The van der Waals surface area contributed by atoms with E-state index in [2.05, 4.69) is 25.7 Å². The summed E-state index contributed by atoms with van der Waals surface area (Å²) in [6, 6.07) is 6.57. The van der Waals surface area contributed by atoms with Crippen LogP contribution >= 0.6 is 39.1 Å². The minimum Gasteiger partial charge on any atom is -0.478 e. The maximum atomic E-state index is 11.4. The standard InChI is InChI=1S/C15H12BrCl2NO4/c1-8(15(20)21-2)22-12-7-9(3-4-10(12)16)23-14-13(18)11(17)5-6-19-14/h3-8H,1-2H3. The Morgan fingerprint density at radius 1 is 1.30 bits per heavy atom. The van der Waals surface area contributed by atoms with E-state index >= 15 is 0 Å². The van der Waals surface area contributed by atoms with Gasteiger partial charge in [0.05, 0.1) is 16.6 Å².